The molecule has 0 saturated carbocycles. The predicted molar refractivity (Wildman–Crippen MR) is 102 cm³/mol. The second-order valence-electron chi connectivity index (χ2n) is 6.56. The van der Waals surface area contributed by atoms with E-state index >= 15 is 0 Å². The van der Waals surface area contributed by atoms with Crippen LogP contribution < -0.4 is 4.90 Å². The Bertz CT molecular complexity index is 865. The lowest BCUT2D eigenvalue weighted by Gasteiger charge is -2.28. The first-order chi connectivity index (χ1) is 12.4. The number of hydrogen-bond acceptors (Lipinski definition) is 6. The second-order valence-corrected chi connectivity index (χ2v) is 9.73. The first kappa shape index (κ1) is 18.9. The van der Waals surface area contributed by atoms with Crippen LogP contribution in [0, 0.1) is 0 Å². The Morgan fingerprint density at radius 3 is 2.69 bits per heavy atom. The van der Waals surface area contributed by atoms with Crippen LogP contribution in [0.5, 0.6) is 0 Å². The monoisotopic (exact) mass is 394 g/mol. The molecule has 9 heteroatoms. The molecule has 1 aromatic carbocycles. The first-order valence-corrected chi connectivity index (χ1v) is 11.3. The maximum atomic E-state index is 13.0. The Hall–Kier alpha value is -1.87. The number of para-hydroxylation sites is 1. The largest absolute Gasteiger partial charge is 0.308 e. The van der Waals surface area contributed by atoms with Gasteiger partial charge >= 0.3 is 0 Å². The van der Waals surface area contributed by atoms with Gasteiger partial charge in [-0.3, -0.25) is 4.79 Å². The molecule has 1 aliphatic heterocycles. The van der Waals surface area contributed by atoms with Gasteiger partial charge < -0.3 is 9.47 Å². The van der Waals surface area contributed by atoms with Gasteiger partial charge in [-0.05, 0) is 32.4 Å². The molecule has 0 unspecified atom stereocenters. The Morgan fingerprint density at radius 2 is 2.08 bits per heavy atom. The van der Waals surface area contributed by atoms with Crippen LogP contribution in [-0.2, 0) is 14.6 Å². The van der Waals surface area contributed by atoms with Gasteiger partial charge in [0.15, 0.2) is 15.0 Å². The number of amides is 1. The number of benzene rings is 1. The first-order valence-electron chi connectivity index (χ1n) is 8.47. The molecule has 140 valence electrons. The standard InChI is InChI=1S/C17H22N4O3S2/c1-13(2)20-12-18-19-17(20)25-10-16(22)21(14-6-4-3-5-7-14)15-8-9-26(23,24)11-15/h3-7,12-13,15H,8-11H2,1-2H3/t15-/m0/s1. The lowest BCUT2D eigenvalue weighted by Crippen LogP contribution is -2.42. The molecule has 0 bridgehead atoms. The molecule has 0 radical (unpaired) electrons. The van der Waals surface area contributed by atoms with Gasteiger partial charge in [-0.1, -0.05) is 30.0 Å². The van der Waals surface area contributed by atoms with Crippen molar-refractivity contribution in [3.63, 3.8) is 0 Å². The third-order valence-corrected chi connectivity index (χ3v) is 6.99. The Labute approximate surface area is 157 Å². The van der Waals surface area contributed by atoms with E-state index in [9.17, 15) is 13.2 Å². The average molecular weight is 395 g/mol. The van der Waals surface area contributed by atoms with E-state index in [1.54, 1.807) is 11.2 Å². The molecule has 0 aliphatic carbocycles. The topological polar surface area (TPSA) is 85.2 Å². The third-order valence-electron chi connectivity index (χ3n) is 4.30. The van der Waals surface area contributed by atoms with E-state index in [2.05, 4.69) is 10.2 Å². The highest BCUT2D eigenvalue weighted by Crippen LogP contribution is 2.27. The number of thioether (sulfide) groups is 1. The zero-order valence-electron chi connectivity index (χ0n) is 14.8. The number of nitrogens with zero attached hydrogens (tertiary/aromatic N) is 4. The Balaban J connectivity index is 1.78. The number of anilines is 1. The molecule has 1 aliphatic rings. The van der Waals surface area contributed by atoms with Crippen LogP contribution in [0.15, 0.2) is 41.8 Å². The van der Waals surface area contributed by atoms with Crippen molar-refractivity contribution in [1.82, 2.24) is 14.8 Å². The number of aromatic nitrogens is 3. The van der Waals surface area contributed by atoms with E-state index in [0.717, 1.165) is 5.69 Å². The molecule has 2 aromatic rings. The summed E-state index contributed by atoms with van der Waals surface area (Å²) in [5, 5.41) is 8.66. The molecule has 1 aromatic heterocycles. The summed E-state index contributed by atoms with van der Waals surface area (Å²) in [7, 11) is -3.09. The summed E-state index contributed by atoms with van der Waals surface area (Å²) in [6.45, 7) is 4.05. The molecule has 2 heterocycles. The average Bonchev–Trinajstić information content (AvgIpc) is 3.20. The van der Waals surface area contributed by atoms with E-state index in [1.165, 1.54) is 11.8 Å². The van der Waals surface area contributed by atoms with Crippen molar-refractivity contribution in [3.8, 4) is 0 Å². The molecule has 0 N–H and O–H groups in total. The maximum Gasteiger partial charge on any atom is 0.237 e. The molecule has 26 heavy (non-hydrogen) atoms. The molecule has 1 amide bonds. The molecule has 7 nitrogen and oxygen atoms in total. The quantitative estimate of drug-likeness (QED) is 0.698. The molecule has 0 spiro atoms. The number of carbonyl (C=O) groups excluding carboxylic acids is 1. The van der Waals surface area contributed by atoms with Crippen molar-refractivity contribution < 1.29 is 13.2 Å². The minimum atomic E-state index is -3.09. The van der Waals surface area contributed by atoms with Gasteiger partial charge in [-0.25, -0.2) is 8.42 Å². The summed E-state index contributed by atoms with van der Waals surface area (Å²) >= 11 is 1.32. The molecule has 1 atom stereocenters. The van der Waals surface area contributed by atoms with Crippen LogP contribution in [0.1, 0.15) is 26.3 Å². The third kappa shape index (κ3) is 4.27. The minimum absolute atomic E-state index is 0.0144. The van der Waals surface area contributed by atoms with Gasteiger partial charge in [0.1, 0.15) is 6.33 Å². The van der Waals surface area contributed by atoms with Gasteiger partial charge in [0.25, 0.3) is 0 Å². The van der Waals surface area contributed by atoms with Crippen LogP contribution in [0.25, 0.3) is 0 Å². The fraction of sp³-hybridized carbons (Fsp3) is 0.471. The van der Waals surface area contributed by atoms with E-state index in [1.807, 2.05) is 48.7 Å². The van der Waals surface area contributed by atoms with Crippen molar-refractivity contribution in [1.29, 1.82) is 0 Å². The fourth-order valence-electron chi connectivity index (χ4n) is 3.01. The van der Waals surface area contributed by atoms with Crippen molar-refractivity contribution >= 4 is 33.2 Å². The van der Waals surface area contributed by atoms with Crippen molar-refractivity contribution in [2.24, 2.45) is 0 Å². The SMILES string of the molecule is CC(C)n1cnnc1SCC(=O)N(c1ccccc1)[C@H]1CCS(=O)(=O)C1. The predicted octanol–water partition coefficient (Wildman–Crippen LogP) is 2.17. The van der Waals surface area contributed by atoms with Gasteiger partial charge in [0.2, 0.25) is 5.91 Å². The highest BCUT2D eigenvalue weighted by atomic mass is 32.2. The van der Waals surface area contributed by atoms with Crippen molar-refractivity contribution in [3.05, 3.63) is 36.7 Å². The summed E-state index contributed by atoms with van der Waals surface area (Å²) in [5.74, 6) is 0.196. The highest BCUT2D eigenvalue weighted by molar-refractivity contribution is 7.99. The number of sulfone groups is 1. The van der Waals surface area contributed by atoms with Crippen LogP contribution >= 0.6 is 11.8 Å². The second kappa shape index (κ2) is 7.79. The molecule has 1 saturated heterocycles. The summed E-state index contributed by atoms with van der Waals surface area (Å²) in [5.41, 5.74) is 0.727. The number of hydrogen-bond donors (Lipinski definition) is 0. The fourth-order valence-corrected chi connectivity index (χ4v) is 5.61. The van der Waals surface area contributed by atoms with Crippen LogP contribution in [-0.4, -0.2) is 52.4 Å². The van der Waals surface area contributed by atoms with Crippen LogP contribution in [0.2, 0.25) is 0 Å². The van der Waals surface area contributed by atoms with E-state index in [-0.39, 0.29) is 35.2 Å². The van der Waals surface area contributed by atoms with Gasteiger partial charge in [0.05, 0.1) is 23.3 Å². The van der Waals surface area contributed by atoms with Crippen LogP contribution in [0.4, 0.5) is 5.69 Å². The van der Waals surface area contributed by atoms with Crippen LogP contribution in [0.3, 0.4) is 0 Å². The zero-order chi connectivity index (χ0) is 18.7. The maximum absolute atomic E-state index is 13.0. The van der Waals surface area contributed by atoms with E-state index < -0.39 is 9.84 Å². The van der Waals surface area contributed by atoms with E-state index in [4.69, 9.17) is 0 Å². The highest BCUT2D eigenvalue weighted by Gasteiger charge is 2.35. The lowest BCUT2D eigenvalue weighted by atomic mass is 10.2. The van der Waals surface area contributed by atoms with Crippen molar-refractivity contribution in [2.75, 3.05) is 22.2 Å². The lowest BCUT2D eigenvalue weighted by molar-refractivity contribution is -0.116. The molecule has 3 rings (SSSR count). The Kier molecular flexibility index (Phi) is 5.67. The van der Waals surface area contributed by atoms with Gasteiger partial charge in [-0.2, -0.15) is 0 Å². The zero-order valence-corrected chi connectivity index (χ0v) is 16.4. The molecular formula is C17H22N4O3S2. The summed E-state index contributed by atoms with van der Waals surface area (Å²) < 4.78 is 25.7. The van der Waals surface area contributed by atoms with Gasteiger partial charge in [-0.15, -0.1) is 10.2 Å². The Morgan fingerprint density at radius 1 is 1.35 bits per heavy atom. The number of rotatable bonds is 6. The molecule has 1 fully saturated rings. The summed E-state index contributed by atoms with van der Waals surface area (Å²) in [4.78, 5) is 14.6. The summed E-state index contributed by atoms with van der Waals surface area (Å²) in [6, 6.07) is 9.13. The minimum Gasteiger partial charge on any atom is -0.308 e. The molecular weight excluding hydrogens is 372 g/mol. The normalized spacial score (nSPS) is 19.0. The van der Waals surface area contributed by atoms with Gasteiger partial charge in [0, 0.05) is 11.7 Å². The van der Waals surface area contributed by atoms with E-state index in [0.29, 0.717) is 11.6 Å². The van der Waals surface area contributed by atoms with Crippen molar-refractivity contribution in [2.45, 2.75) is 37.5 Å². The summed E-state index contributed by atoms with van der Waals surface area (Å²) in [6.07, 6.45) is 2.12. The smallest absolute Gasteiger partial charge is 0.237 e. The number of carbonyl (C=O) groups is 1.